The fourth-order valence-corrected chi connectivity index (χ4v) is 2.05. The van der Waals surface area contributed by atoms with Crippen molar-refractivity contribution in [3.63, 3.8) is 0 Å². The van der Waals surface area contributed by atoms with Crippen molar-refractivity contribution >= 4 is 0 Å². The maximum absolute atomic E-state index is 13.8. The molecule has 0 heterocycles. The maximum atomic E-state index is 13.8. The first-order valence-corrected chi connectivity index (χ1v) is 6.68. The first kappa shape index (κ1) is 13.5. The Bertz CT molecular complexity index is 380. The Hall–Kier alpha value is -0.960. The van der Waals surface area contributed by atoms with E-state index in [0.29, 0.717) is 6.04 Å². The van der Waals surface area contributed by atoms with E-state index in [1.165, 1.54) is 12.8 Å². The molecule has 0 unspecified atom stereocenters. The summed E-state index contributed by atoms with van der Waals surface area (Å²) in [5, 5.41) is 3.38. The second-order valence-corrected chi connectivity index (χ2v) is 5.65. The summed E-state index contributed by atoms with van der Waals surface area (Å²) in [5.41, 5.74) is 1.21. The Morgan fingerprint density at radius 1 is 1.22 bits per heavy atom. The van der Waals surface area contributed by atoms with Gasteiger partial charge in [0, 0.05) is 24.6 Å². The average Bonchev–Trinajstić information content (AvgIpc) is 3.09. The highest BCUT2D eigenvalue weighted by atomic mass is 19.3. The molecule has 0 aromatic heterocycles. The van der Waals surface area contributed by atoms with E-state index in [-0.39, 0.29) is 17.9 Å². The fraction of sp³-hybridized carbons (Fsp3) is 0.600. The van der Waals surface area contributed by atoms with Gasteiger partial charge in [0.05, 0.1) is 0 Å². The zero-order chi connectivity index (χ0) is 13.2. The summed E-state index contributed by atoms with van der Waals surface area (Å²) in [5.74, 6) is -2.72. The number of alkyl halides is 2. The largest absolute Gasteiger partial charge is 0.310 e. The van der Waals surface area contributed by atoms with E-state index in [1.807, 2.05) is 13.8 Å². The highest BCUT2D eigenvalue weighted by molar-refractivity contribution is 5.26. The molecule has 0 radical (unpaired) electrons. The van der Waals surface area contributed by atoms with E-state index >= 15 is 0 Å². The standard InChI is InChI=1S/C15H21F2N/c1-11(2)9-15(16,17)13-5-3-12(4-6-13)10-18-14-7-8-14/h3-6,11,14,18H,7-10H2,1-2H3. The molecule has 0 atom stereocenters. The van der Waals surface area contributed by atoms with Gasteiger partial charge in [-0.15, -0.1) is 0 Å². The Labute approximate surface area is 108 Å². The Morgan fingerprint density at radius 3 is 2.33 bits per heavy atom. The number of halogens is 2. The minimum Gasteiger partial charge on any atom is -0.310 e. The van der Waals surface area contributed by atoms with Crippen LogP contribution in [0, 0.1) is 5.92 Å². The van der Waals surface area contributed by atoms with Gasteiger partial charge in [-0.1, -0.05) is 38.1 Å². The molecule has 2 rings (SSSR count). The van der Waals surface area contributed by atoms with Crippen LogP contribution in [0.25, 0.3) is 0 Å². The van der Waals surface area contributed by atoms with E-state index in [4.69, 9.17) is 0 Å². The molecule has 18 heavy (non-hydrogen) atoms. The van der Waals surface area contributed by atoms with Crippen LogP contribution in [0.3, 0.4) is 0 Å². The van der Waals surface area contributed by atoms with Crippen molar-refractivity contribution < 1.29 is 8.78 Å². The molecule has 1 aromatic rings. The molecule has 1 fully saturated rings. The summed E-state index contributed by atoms with van der Waals surface area (Å²) in [6.45, 7) is 4.42. The lowest BCUT2D eigenvalue weighted by Gasteiger charge is -2.19. The van der Waals surface area contributed by atoms with Gasteiger partial charge in [-0.05, 0) is 24.3 Å². The average molecular weight is 253 g/mol. The van der Waals surface area contributed by atoms with Crippen LogP contribution in [0.2, 0.25) is 0 Å². The third kappa shape index (κ3) is 3.77. The second-order valence-electron chi connectivity index (χ2n) is 5.65. The first-order valence-electron chi connectivity index (χ1n) is 6.68. The number of benzene rings is 1. The van der Waals surface area contributed by atoms with Gasteiger partial charge < -0.3 is 5.32 Å². The number of rotatable bonds is 6. The molecule has 1 aliphatic rings. The summed E-state index contributed by atoms with van der Waals surface area (Å²) in [7, 11) is 0. The molecule has 100 valence electrons. The molecule has 1 aliphatic carbocycles. The topological polar surface area (TPSA) is 12.0 Å². The minimum atomic E-state index is -2.71. The van der Waals surface area contributed by atoms with E-state index in [9.17, 15) is 8.78 Å². The number of hydrogen-bond donors (Lipinski definition) is 1. The van der Waals surface area contributed by atoms with Crippen molar-refractivity contribution in [1.82, 2.24) is 5.32 Å². The van der Waals surface area contributed by atoms with E-state index < -0.39 is 5.92 Å². The number of nitrogens with one attached hydrogen (secondary N) is 1. The third-order valence-corrected chi connectivity index (χ3v) is 3.21. The molecule has 0 spiro atoms. The zero-order valence-electron chi connectivity index (χ0n) is 11.0. The van der Waals surface area contributed by atoms with Gasteiger partial charge in [-0.3, -0.25) is 0 Å². The predicted molar refractivity (Wildman–Crippen MR) is 69.7 cm³/mol. The summed E-state index contributed by atoms with van der Waals surface area (Å²) in [6.07, 6.45) is 2.39. The van der Waals surface area contributed by atoms with Crippen molar-refractivity contribution in [3.05, 3.63) is 35.4 Å². The highest BCUT2D eigenvalue weighted by Crippen LogP contribution is 2.34. The molecule has 1 N–H and O–H groups in total. The van der Waals surface area contributed by atoms with Gasteiger partial charge in [0.2, 0.25) is 0 Å². The van der Waals surface area contributed by atoms with Gasteiger partial charge in [0.1, 0.15) is 0 Å². The molecule has 1 nitrogen and oxygen atoms in total. The molecule has 0 saturated heterocycles. The molecule has 1 saturated carbocycles. The Balaban J connectivity index is 1.96. The predicted octanol–water partition coefficient (Wildman–Crippen LogP) is 4.08. The van der Waals surface area contributed by atoms with Crippen LogP contribution in [0.15, 0.2) is 24.3 Å². The van der Waals surface area contributed by atoms with Crippen molar-refractivity contribution in [1.29, 1.82) is 0 Å². The lowest BCUT2D eigenvalue weighted by Crippen LogP contribution is -2.17. The van der Waals surface area contributed by atoms with Gasteiger partial charge in [-0.25, -0.2) is 8.78 Å². The smallest absolute Gasteiger partial charge is 0.273 e. The van der Waals surface area contributed by atoms with Crippen LogP contribution in [0.1, 0.15) is 44.2 Å². The van der Waals surface area contributed by atoms with E-state index in [0.717, 1.165) is 12.1 Å². The second kappa shape index (κ2) is 5.35. The SMILES string of the molecule is CC(C)CC(F)(F)c1ccc(CNC2CC2)cc1. The fourth-order valence-electron chi connectivity index (χ4n) is 2.05. The van der Waals surface area contributed by atoms with Crippen LogP contribution in [0.5, 0.6) is 0 Å². The quantitative estimate of drug-likeness (QED) is 0.805. The number of hydrogen-bond acceptors (Lipinski definition) is 1. The summed E-state index contributed by atoms with van der Waals surface area (Å²) < 4.78 is 27.7. The molecule has 0 aliphatic heterocycles. The van der Waals surface area contributed by atoms with Crippen LogP contribution in [-0.4, -0.2) is 6.04 Å². The molecule has 3 heteroatoms. The normalized spacial score (nSPS) is 16.3. The lowest BCUT2D eigenvalue weighted by molar-refractivity contribution is -0.0249. The molecule has 0 bridgehead atoms. The Kier molecular flexibility index (Phi) is 4.00. The van der Waals surface area contributed by atoms with Crippen molar-refractivity contribution in [3.8, 4) is 0 Å². The van der Waals surface area contributed by atoms with Crippen LogP contribution < -0.4 is 5.32 Å². The van der Waals surface area contributed by atoms with Gasteiger partial charge in [-0.2, -0.15) is 0 Å². The van der Waals surface area contributed by atoms with Crippen molar-refractivity contribution in [2.24, 2.45) is 5.92 Å². The monoisotopic (exact) mass is 253 g/mol. The lowest BCUT2D eigenvalue weighted by atomic mass is 9.98. The van der Waals surface area contributed by atoms with Crippen molar-refractivity contribution in [2.45, 2.75) is 51.6 Å². The first-order chi connectivity index (χ1) is 8.47. The van der Waals surface area contributed by atoms with E-state index in [2.05, 4.69) is 5.32 Å². The molecular weight excluding hydrogens is 232 g/mol. The zero-order valence-corrected chi connectivity index (χ0v) is 11.0. The summed E-state index contributed by atoms with van der Waals surface area (Å²) in [4.78, 5) is 0. The highest BCUT2D eigenvalue weighted by Gasteiger charge is 2.32. The van der Waals surface area contributed by atoms with Gasteiger partial charge >= 0.3 is 0 Å². The van der Waals surface area contributed by atoms with Crippen LogP contribution >= 0.6 is 0 Å². The molecule has 0 amide bonds. The summed E-state index contributed by atoms with van der Waals surface area (Å²) >= 11 is 0. The summed E-state index contributed by atoms with van der Waals surface area (Å²) in [6, 6.07) is 7.38. The van der Waals surface area contributed by atoms with Crippen LogP contribution in [0.4, 0.5) is 8.78 Å². The van der Waals surface area contributed by atoms with E-state index in [1.54, 1.807) is 24.3 Å². The third-order valence-electron chi connectivity index (χ3n) is 3.21. The maximum Gasteiger partial charge on any atom is 0.273 e. The van der Waals surface area contributed by atoms with Gasteiger partial charge in [0.15, 0.2) is 0 Å². The van der Waals surface area contributed by atoms with Gasteiger partial charge in [0.25, 0.3) is 5.92 Å². The Morgan fingerprint density at radius 2 is 1.83 bits per heavy atom. The molecular formula is C15H21F2N. The molecule has 1 aromatic carbocycles. The van der Waals surface area contributed by atoms with Crippen molar-refractivity contribution in [2.75, 3.05) is 0 Å². The minimum absolute atomic E-state index is 0.00351. The van der Waals surface area contributed by atoms with Crippen LogP contribution in [-0.2, 0) is 12.5 Å².